The largest absolute Gasteiger partial charge is 0.348 e. The van der Waals surface area contributed by atoms with Gasteiger partial charge in [0.2, 0.25) is 0 Å². The van der Waals surface area contributed by atoms with Crippen LogP contribution in [0, 0.1) is 13.8 Å². The van der Waals surface area contributed by atoms with Gasteiger partial charge in [-0.25, -0.2) is 9.67 Å². The van der Waals surface area contributed by atoms with Crippen LogP contribution in [0.25, 0.3) is 22.3 Å². The third kappa shape index (κ3) is 3.56. The Morgan fingerprint density at radius 1 is 1.36 bits per heavy atom. The number of rotatable bonds is 4. The van der Waals surface area contributed by atoms with Gasteiger partial charge in [0.1, 0.15) is 0 Å². The third-order valence-corrected chi connectivity index (χ3v) is 6.22. The van der Waals surface area contributed by atoms with Gasteiger partial charge in [0.05, 0.1) is 22.8 Å². The summed E-state index contributed by atoms with van der Waals surface area (Å²) in [6.45, 7) is 10.2. The zero-order valence-electron chi connectivity index (χ0n) is 16.9. The number of nitrogens with one attached hydrogen (secondary N) is 2. The Balaban J connectivity index is 1.81. The summed E-state index contributed by atoms with van der Waals surface area (Å²) in [6, 6.07) is 4.41. The zero-order valence-corrected chi connectivity index (χ0v) is 17.7. The Hall–Kier alpha value is -2.25. The minimum atomic E-state index is -0.0461. The monoisotopic (exact) mass is 397 g/mol. The molecule has 1 aliphatic heterocycles. The fourth-order valence-electron chi connectivity index (χ4n) is 3.85. The predicted octanol–water partition coefficient (Wildman–Crippen LogP) is 3.84. The maximum absolute atomic E-state index is 13.2. The summed E-state index contributed by atoms with van der Waals surface area (Å²) in [5, 5.41) is 11.9. The van der Waals surface area contributed by atoms with Crippen LogP contribution in [0.1, 0.15) is 52.8 Å². The molecule has 4 heterocycles. The second kappa shape index (κ2) is 7.64. The molecule has 0 aromatic carbocycles. The number of pyridine rings is 1. The summed E-state index contributed by atoms with van der Waals surface area (Å²) in [4.78, 5) is 20.5. The fourth-order valence-corrected chi connectivity index (χ4v) is 4.78. The van der Waals surface area contributed by atoms with E-state index in [1.54, 1.807) is 17.5 Å². The predicted molar refractivity (Wildman–Crippen MR) is 114 cm³/mol. The lowest BCUT2D eigenvalue weighted by atomic mass is 10.0. The van der Waals surface area contributed by atoms with E-state index in [4.69, 9.17) is 4.98 Å². The lowest BCUT2D eigenvalue weighted by Crippen LogP contribution is -2.45. The van der Waals surface area contributed by atoms with E-state index in [1.165, 1.54) is 9.75 Å². The standard InChI is InChI=1S/C21H27N5OS/c1-12(2)26-20-18(11-23-26)17(21(27)24-15-6-5-7-22-10-15)9-19(25-20)16-8-13(3)28-14(16)4/h8-9,11-12,15,22H,5-7,10H2,1-4H3,(H,24,27)/t15-/m0/s1. The molecular formula is C21H27N5OS. The van der Waals surface area contributed by atoms with Crippen LogP contribution in [0.15, 0.2) is 18.3 Å². The molecule has 28 heavy (non-hydrogen) atoms. The quantitative estimate of drug-likeness (QED) is 0.702. The summed E-state index contributed by atoms with van der Waals surface area (Å²) < 4.78 is 1.90. The summed E-state index contributed by atoms with van der Waals surface area (Å²) in [5.41, 5.74) is 3.35. The molecule has 0 unspecified atom stereocenters. The van der Waals surface area contributed by atoms with E-state index < -0.39 is 0 Å². The van der Waals surface area contributed by atoms with Crippen LogP contribution in [0.5, 0.6) is 0 Å². The van der Waals surface area contributed by atoms with Crippen molar-refractivity contribution in [2.24, 2.45) is 0 Å². The summed E-state index contributed by atoms with van der Waals surface area (Å²) in [5.74, 6) is -0.0461. The number of nitrogens with zero attached hydrogens (tertiary/aromatic N) is 3. The molecule has 4 rings (SSSR count). The molecule has 0 saturated carbocycles. The average Bonchev–Trinajstić information content (AvgIpc) is 3.24. The molecule has 148 valence electrons. The van der Waals surface area contributed by atoms with Gasteiger partial charge < -0.3 is 10.6 Å². The third-order valence-electron chi connectivity index (χ3n) is 5.25. The van der Waals surface area contributed by atoms with Crippen molar-refractivity contribution in [3.63, 3.8) is 0 Å². The van der Waals surface area contributed by atoms with E-state index in [-0.39, 0.29) is 18.0 Å². The highest BCUT2D eigenvalue weighted by molar-refractivity contribution is 7.12. The van der Waals surface area contributed by atoms with Crippen molar-refractivity contribution in [2.75, 3.05) is 13.1 Å². The number of amides is 1. The van der Waals surface area contributed by atoms with Crippen molar-refractivity contribution >= 4 is 28.3 Å². The SMILES string of the molecule is Cc1cc(-c2cc(C(=O)N[C@H]3CCCNC3)c3cnn(C(C)C)c3n2)c(C)s1. The Morgan fingerprint density at radius 3 is 2.82 bits per heavy atom. The second-order valence-electron chi connectivity index (χ2n) is 7.82. The molecule has 6 nitrogen and oxygen atoms in total. The number of hydrogen-bond donors (Lipinski definition) is 2. The van der Waals surface area contributed by atoms with E-state index in [0.717, 1.165) is 48.2 Å². The van der Waals surface area contributed by atoms with Gasteiger partial charge in [-0.05, 0) is 59.2 Å². The van der Waals surface area contributed by atoms with Crippen LogP contribution in [-0.2, 0) is 0 Å². The molecule has 1 atom stereocenters. The highest BCUT2D eigenvalue weighted by Gasteiger charge is 2.22. The first kappa shape index (κ1) is 19.1. The van der Waals surface area contributed by atoms with Gasteiger partial charge in [-0.15, -0.1) is 11.3 Å². The van der Waals surface area contributed by atoms with Gasteiger partial charge in [-0.2, -0.15) is 5.10 Å². The number of aromatic nitrogens is 3. The van der Waals surface area contributed by atoms with Gasteiger partial charge in [0, 0.05) is 33.9 Å². The molecule has 2 N–H and O–H groups in total. The first-order chi connectivity index (χ1) is 13.4. The van der Waals surface area contributed by atoms with Gasteiger partial charge in [0.25, 0.3) is 5.91 Å². The number of hydrogen-bond acceptors (Lipinski definition) is 5. The summed E-state index contributed by atoms with van der Waals surface area (Å²) >= 11 is 1.75. The molecule has 7 heteroatoms. The maximum atomic E-state index is 13.2. The fraction of sp³-hybridized carbons (Fsp3) is 0.476. The smallest absolute Gasteiger partial charge is 0.252 e. The highest BCUT2D eigenvalue weighted by atomic mass is 32.1. The van der Waals surface area contributed by atoms with Gasteiger partial charge >= 0.3 is 0 Å². The highest BCUT2D eigenvalue weighted by Crippen LogP contribution is 2.32. The molecule has 1 amide bonds. The number of thiophene rings is 1. The van der Waals surface area contributed by atoms with Crippen LogP contribution in [0.4, 0.5) is 0 Å². The lowest BCUT2D eigenvalue weighted by Gasteiger charge is -2.24. The molecule has 1 fully saturated rings. The Bertz CT molecular complexity index is 1010. The molecule has 1 aliphatic rings. The lowest BCUT2D eigenvalue weighted by molar-refractivity contribution is 0.0932. The summed E-state index contributed by atoms with van der Waals surface area (Å²) in [6.07, 6.45) is 3.86. The molecular weight excluding hydrogens is 370 g/mol. The minimum absolute atomic E-state index is 0.0461. The van der Waals surface area contributed by atoms with Gasteiger partial charge in [-0.1, -0.05) is 0 Å². The van der Waals surface area contributed by atoms with Crippen molar-refractivity contribution in [2.45, 2.75) is 52.6 Å². The topological polar surface area (TPSA) is 71.8 Å². The van der Waals surface area contributed by atoms with Crippen LogP contribution in [0.2, 0.25) is 0 Å². The van der Waals surface area contributed by atoms with Gasteiger partial charge in [-0.3, -0.25) is 4.79 Å². The number of fused-ring (bicyclic) bond motifs is 1. The molecule has 0 aliphatic carbocycles. The molecule has 1 saturated heterocycles. The van der Waals surface area contributed by atoms with Crippen LogP contribution in [-0.4, -0.2) is 39.8 Å². The molecule has 3 aromatic heterocycles. The molecule has 0 radical (unpaired) electrons. The number of aryl methyl sites for hydroxylation is 2. The first-order valence-corrected chi connectivity index (χ1v) is 10.7. The average molecular weight is 398 g/mol. The van der Waals surface area contributed by atoms with E-state index in [9.17, 15) is 4.79 Å². The number of carbonyl (C=O) groups excluding carboxylic acids is 1. The Kier molecular flexibility index (Phi) is 5.21. The molecule has 3 aromatic rings. The Labute approximate surface area is 169 Å². The van der Waals surface area contributed by atoms with Crippen molar-refractivity contribution in [1.29, 1.82) is 0 Å². The van der Waals surface area contributed by atoms with Crippen LogP contribution < -0.4 is 10.6 Å². The molecule has 0 spiro atoms. The minimum Gasteiger partial charge on any atom is -0.348 e. The maximum Gasteiger partial charge on any atom is 0.252 e. The normalized spacial score (nSPS) is 17.4. The summed E-state index contributed by atoms with van der Waals surface area (Å²) in [7, 11) is 0. The van der Waals surface area contributed by atoms with E-state index in [0.29, 0.717) is 5.56 Å². The van der Waals surface area contributed by atoms with E-state index >= 15 is 0 Å². The number of piperidine rings is 1. The molecule has 0 bridgehead atoms. The van der Waals surface area contributed by atoms with Crippen LogP contribution in [0.3, 0.4) is 0 Å². The first-order valence-electron chi connectivity index (χ1n) is 9.91. The zero-order chi connectivity index (χ0) is 19.8. The number of carbonyl (C=O) groups is 1. The second-order valence-corrected chi connectivity index (χ2v) is 9.28. The van der Waals surface area contributed by atoms with E-state index in [2.05, 4.69) is 49.5 Å². The van der Waals surface area contributed by atoms with Gasteiger partial charge in [0.15, 0.2) is 5.65 Å². The van der Waals surface area contributed by atoms with Crippen molar-refractivity contribution < 1.29 is 4.79 Å². The van der Waals surface area contributed by atoms with Crippen LogP contribution >= 0.6 is 11.3 Å². The van der Waals surface area contributed by atoms with Crippen molar-refractivity contribution in [3.8, 4) is 11.3 Å². The Morgan fingerprint density at radius 2 is 2.18 bits per heavy atom. The van der Waals surface area contributed by atoms with E-state index in [1.807, 2.05) is 10.7 Å². The van der Waals surface area contributed by atoms with Crippen molar-refractivity contribution in [1.82, 2.24) is 25.4 Å². The van der Waals surface area contributed by atoms with Crippen molar-refractivity contribution in [3.05, 3.63) is 33.6 Å².